The molecular weight excluding hydrogens is 278 g/mol. The Morgan fingerprint density at radius 3 is 2.80 bits per heavy atom. The molecule has 1 saturated heterocycles. The second-order valence-corrected chi connectivity index (χ2v) is 6.92. The lowest BCUT2D eigenvalue weighted by Crippen LogP contribution is -2.48. The minimum Gasteiger partial charge on any atom is -0.380 e. The summed E-state index contributed by atoms with van der Waals surface area (Å²) in [5.74, 6) is 0.416. The van der Waals surface area contributed by atoms with Gasteiger partial charge in [-0.05, 0) is 45.2 Å². The van der Waals surface area contributed by atoms with E-state index in [0.717, 1.165) is 32.4 Å². The summed E-state index contributed by atoms with van der Waals surface area (Å²) in [6.45, 7) is 8.52. The molecule has 20 heavy (non-hydrogen) atoms. The SMILES string of the molecule is CCCNCC1CCCN(S(=O)(=O)NCCOCC)C1. The highest BCUT2D eigenvalue weighted by atomic mass is 32.2. The van der Waals surface area contributed by atoms with Gasteiger partial charge >= 0.3 is 0 Å². The molecule has 1 rings (SSSR count). The third-order valence-electron chi connectivity index (χ3n) is 3.42. The molecule has 0 saturated carbocycles. The van der Waals surface area contributed by atoms with Crippen LogP contribution in [0.3, 0.4) is 0 Å². The molecule has 7 heteroatoms. The molecule has 0 bridgehead atoms. The van der Waals surface area contributed by atoms with Gasteiger partial charge in [-0.15, -0.1) is 0 Å². The summed E-state index contributed by atoms with van der Waals surface area (Å²) in [6.07, 6.45) is 3.14. The van der Waals surface area contributed by atoms with Gasteiger partial charge in [-0.2, -0.15) is 17.4 Å². The predicted molar refractivity (Wildman–Crippen MR) is 80.9 cm³/mol. The minimum atomic E-state index is -3.35. The van der Waals surface area contributed by atoms with E-state index in [9.17, 15) is 8.42 Å². The van der Waals surface area contributed by atoms with Crippen molar-refractivity contribution in [3.8, 4) is 0 Å². The van der Waals surface area contributed by atoms with E-state index in [0.29, 0.717) is 38.8 Å². The molecule has 120 valence electrons. The summed E-state index contributed by atoms with van der Waals surface area (Å²) in [6, 6.07) is 0. The highest BCUT2D eigenvalue weighted by Gasteiger charge is 2.28. The highest BCUT2D eigenvalue weighted by Crippen LogP contribution is 2.17. The number of nitrogens with zero attached hydrogens (tertiary/aromatic N) is 1. The van der Waals surface area contributed by atoms with Crippen LogP contribution in [-0.2, 0) is 14.9 Å². The molecule has 0 aromatic heterocycles. The molecular formula is C13H29N3O3S. The average molecular weight is 307 g/mol. The Bertz CT molecular complexity index is 349. The fourth-order valence-electron chi connectivity index (χ4n) is 2.37. The summed E-state index contributed by atoms with van der Waals surface area (Å²) < 4.78 is 33.6. The highest BCUT2D eigenvalue weighted by molar-refractivity contribution is 7.87. The molecule has 0 spiro atoms. The number of hydrogen-bond acceptors (Lipinski definition) is 4. The molecule has 6 nitrogen and oxygen atoms in total. The van der Waals surface area contributed by atoms with Crippen LogP contribution in [0.2, 0.25) is 0 Å². The summed E-state index contributed by atoms with van der Waals surface area (Å²) >= 11 is 0. The van der Waals surface area contributed by atoms with Gasteiger partial charge in [0.15, 0.2) is 0 Å². The van der Waals surface area contributed by atoms with Crippen LogP contribution in [-0.4, -0.2) is 58.7 Å². The lowest BCUT2D eigenvalue weighted by atomic mass is 10.00. The van der Waals surface area contributed by atoms with E-state index < -0.39 is 10.2 Å². The Morgan fingerprint density at radius 1 is 1.30 bits per heavy atom. The first-order valence-corrected chi connectivity index (χ1v) is 9.07. The van der Waals surface area contributed by atoms with Crippen LogP contribution in [0.5, 0.6) is 0 Å². The van der Waals surface area contributed by atoms with E-state index in [-0.39, 0.29) is 0 Å². The van der Waals surface area contributed by atoms with E-state index in [4.69, 9.17) is 4.74 Å². The Balaban J connectivity index is 2.36. The maximum Gasteiger partial charge on any atom is 0.279 e. The van der Waals surface area contributed by atoms with Crippen LogP contribution in [0.1, 0.15) is 33.1 Å². The minimum absolute atomic E-state index is 0.339. The fraction of sp³-hybridized carbons (Fsp3) is 1.00. The molecule has 1 atom stereocenters. The Kier molecular flexibility index (Phi) is 8.63. The maximum atomic E-state index is 12.2. The van der Waals surface area contributed by atoms with Crippen molar-refractivity contribution in [1.29, 1.82) is 0 Å². The quantitative estimate of drug-likeness (QED) is 0.579. The molecule has 0 aliphatic carbocycles. The number of rotatable bonds is 10. The van der Waals surface area contributed by atoms with Crippen molar-refractivity contribution in [1.82, 2.24) is 14.3 Å². The molecule has 1 unspecified atom stereocenters. The lowest BCUT2D eigenvalue weighted by Gasteiger charge is -2.32. The van der Waals surface area contributed by atoms with Crippen LogP contribution >= 0.6 is 0 Å². The smallest absolute Gasteiger partial charge is 0.279 e. The standard InChI is InChI=1S/C13H29N3O3S/c1-3-7-14-11-13-6-5-9-16(12-13)20(17,18)15-8-10-19-4-2/h13-15H,3-12H2,1-2H3. The van der Waals surface area contributed by atoms with Crippen molar-refractivity contribution in [2.24, 2.45) is 5.92 Å². The monoisotopic (exact) mass is 307 g/mol. The molecule has 1 heterocycles. The predicted octanol–water partition coefficient (Wildman–Crippen LogP) is 0.569. The molecule has 0 aromatic carbocycles. The number of piperidine rings is 1. The molecule has 0 radical (unpaired) electrons. The first-order chi connectivity index (χ1) is 9.60. The van der Waals surface area contributed by atoms with Gasteiger partial charge < -0.3 is 10.1 Å². The Hall–Kier alpha value is -0.210. The maximum absolute atomic E-state index is 12.2. The van der Waals surface area contributed by atoms with Crippen LogP contribution in [0.4, 0.5) is 0 Å². The second-order valence-electron chi connectivity index (χ2n) is 5.17. The van der Waals surface area contributed by atoms with Gasteiger partial charge in [-0.1, -0.05) is 6.92 Å². The average Bonchev–Trinajstić information content (AvgIpc) is 2.44. The zero-order valence-electron chi connectivity index (χ0n) is 12.7. The Morgan fingerprint density at radius 2 is 2.10 bits per heavy atom. The van der Waals surface area contributed by atoms with Crippen LogP contribution in [0, 0.1) is 5.92 Å². The van der Waals surface area contributed by atoms with Crippen molar-refractivity contribution < 1.29 is 13.2 Å². The van der Waals surface area contributed by atoms with Crippen molar-refractivity contribution >= 4 is 10.2 Å². The molecule has 1 fully saturated rings. The van der Waals surface area contributed by atoms with Crippen molar-refractivity contribution in [3.05, 3.63) is 0 Å². The number of nitrogens with one attached hydrogen (secondary N) is 2. The fourth-order valence-corrected chi connectivity index (χ4v) is 3.67. The van der Waals surface area contributed by atoms with Crippen LogP contribution in [0.15, 0.2) is 0 Å². The normalized spacial score (nSPS) is 21.2. The summed E-state index contributed by atoms with van der Waals surface area (Å²) in [7, 11) is -3.35. The molecule has 0 aromatic rings. The van der Waals surface area contributed by atoms with Crippen LogP contribution in [0.25, 0.3) is 0 Å². The van der Waals surface area contributed by atoms with Gasteiger partial charge in [0.25, 0.3) is 10.2 Å². The third-order valence-corrected chi connectivity index (χ3v) is 5.00. The van der Waals surface area contributed by atoms with Crippen molar-refractivity contribution in [2.45, 2.75) is 33.1 Å². The van der Waals surface area contributed by atoms with Crippen LogP contribution < -0.4 is 10.0 Å². The first-order valence-electron chi connectivity index (χ1n) is 7.63. The molecule has 0 amide bonds. The lowest BCUT2D eigenvalue weighted by molar-refractivity contribution is 0.152. The third kappa shape index (κ3) is 6.49. The summed E-state index contributed by atoms with van der Waals surface area (Å²) in [5, 5.41) is 3.37. The van der Waals surface area contributed by atoms with Gasteiger partial charge in [0.2, 0.25) is 0 Å². The molecule has 2 N–H and O–H groups in total. The van der Waals surface area contributed by atoms with Gasteiger partial charge in [0.05, 0.1) is 6.61 Å². The van der Waals surface area contributed by atoms with Gasteiger partial charge in [-0.25, -0.2) is 0 Å². The van der Waals surface area contributed by atoms with Crippen molar-refractivity contribution in [2.75, 3.05) is 45.9 Å². The van der Waals surface area contributed by atoms with E-state index in [1.165, 1.54) is 0 Å². The van der Waals surface area contributed by atoms with E-state index in [1.807, 2.05) is 6.92 Å². The zero-order valence-corrected chi connectivity index (χ0v) is 13.5. The molecule has 1 aliphatic heterocycles. The Labute approximate surface area is 123 Å². The number of hydrogen-bond donors (Lipinski definition) is 2. The van der Waals surface area contributed by atoms with Gasteiger partial charge in [-0.3, -0.25) is 0 Å². The van der Waals surface area contributed by atoms with Gasteiger partial charge in [0.1, 0.15) is 0 Å². The second kappa shape index (κ2) is 9.68. The zero-order chi connectivity index (χ0) is 14.8. The van der Waals surface area contributed by atoms with Gasteiger partial charge in [0, 0.05) is 26.2 Å². The summed E-state index contributed by atoms with van der Waals surface area (Å²) in [5.41, 5.74) is 0. The number of ether oxygens (including phenoxy) is 1. The van der Waals surface area contributed by atoms with E-state index in [2.05, 4.69) is 17.0 Å². The van der Waals surface area contributed by atoms with E-state index in [1.54, 1.807) is 4.31 Å². The topological polar surface area (TPSA) is 70.7 Å². The first kappa shape index (κ1) is 17.8. The van der Waals surface area contributed by atoms with Crippen molar-refractivity contribution in [3.63, 3.8) is 0 Å². The molecule has 1 aliphatic rings. The van der Waals surface area contributed by atoms with E-state index >= 15 is 0 Å². The summed E-state index contributed by atoms with van der Waals surface area (Å²) in [4.78, 5) is 0. The largest absolute Gasteiger partial charge is 0.380 e.